The third-order valence-corrected chi connectivity index (χ3v) is 9.96. The van der Waals surface area contributed by atoms with Gasteiger partial charge in [-0.25, -0.2) is 13.4 Å². The number of carbonyl (C=O) groups excluding carboxylic acids is 2. The molecular formula is C33H46N6O6S. The molecule has 3 heterocycles. The second kappa shape index (κ2) is 14.8. The van der Waals surface area contributed by atoms with Gasteiger partial charge in [-0.2, -0.15) is 4.98 Å². The number of amides is 1. The molecule has 5 rings (SSSR count). The molecule has 12 nitrogen and oxygen atoms in total. The van der Waals surface area contributed by atoms with Crippen molar-refractivity contribution < 1.29 is 27.5 Å². The average molecular weight is 655 g/mol. The van der Waals surface area contributed by atoms with Gasteiger partial charge in [-0.15, -0.1) is 0 Å². The molecule has 46 heavy (non-hydrogen) atoms. The molecule has 3 aromatic rings. The number of nitrogens with zero attached hydrogens (tertiary/aromatic N) is 4. The highest BCUT2D eigenvalue weighted by Gasteiger charge is 2.33. The van der Waals surface area contributed by atoms with Gasteiger partial charge in [0.05, 0.1) is 17.9 Å². The number of sulfone groups is 1. The van der Waals surface area contributed by atoms with Gasteiger partial charge in [-0.05, 0) is 62.3 Å². The van der Waals surface area contributed by atoms with E-state index in [4.69, 9.17) is 20.2 Å². The van der Waals surface area contributed by atoms with Crippen LogP contribution in [0, 0.1) is 11.8 Å². The molecule has 0 radical (unpaired) electrons. The smallest absolute Gasteiger partial charge is 0.323 e. The molecule has 2 aliphatic rings. The Balaban J connectivity index is 1.11. The fraction of sp³-hybridized carbons (Fsp3) is 0.576. The van der Waals surface area contributed by atoms with Crippen molar-refractivity contribution in [1.29, 1.82) is 0 Å². The van der Waals surface area contributed by atoms with Gasteiger partial charge < -0.3 is 30.0 Å². The van der Waals surface area contributed by atoms with Crippen molar-refractivity contribution in [3.05, 3.63) is 42.7 Å². The number of carbonyl (C=O) groups is 2. The van der Waals surface area contributed by atoms with Crippen molar-refractivity contribution in [1.82, 2.24) is 19.4 Å². The molecular weight excluding hydrogens is 608 g/mol. The van der Waals surface area contributed by atoms with Crippen molar-refractivity contribution in [2.45, 2.75) is 77.0 Å². The number of likely N-dealkylation sites (tertiary alicyclic amines) is 1. The van der Waals surface area contributed by atoms with Crippen LogP contribution in [-0.4, -0.2) is 89.6 Å². The van der Waals surface area contributed by atoms with Crippen LogP contribution in [-0.2, 0) is 24.2 Å². The fourth-order valence-corrected chi connectivity index (χ4v) is 6.80. The number of ether oxygens (including phenoxy) is 2. The maximum Gasteiger partial charge on any atom is 0.323 e. The Morgan fingerprint density at radius 1 is 1.07 bits per heavy atom. The van der Waals surface area contributed by atoms with Gasteiger partial charge >= 0.3 is 5.97 Å². The van der Waals surface area contributed by atoms with Gasteiger partial charge in [0.25, 0.3) is 0 Å². The standard InChI is InChI=1S/C33H46N6O6S/c1-22(2)30(34)32(41)45-25-13-17-38(18-14-25)31(40)23-8-10-24(11-9-23)36-33-35-16-12-29(37-33)39-19-15-26-27(39)6-4-7-28(26)44-20-5-21-46(3,42)43/h4,6-7,12,15-16,19,22-25,30H,5,8-11,13-14,17-18,20-21,34H2,1-3H3,(H,35,36,37)/t23-,24-,30-/m0/s1. The van der Waals surface area contributed by atoms with Crippen LogP contribution in [0.5, 0.6) is 5.75 Å². The van der Waals surface area contributed by atoms with Crippen molar-refractivity contribution >= 4 is 38.6 Å². The lowest BCUT2D eigenvalue weighted by atomic mass is 9.85. The van der Waals surface area contributed by atoms with Crippen LogP contribution in [0.25, 0.3) is 16.7 Å². The van der Waals surface area contributed by atoms with Crippen LogP contribution in [0.1, 0.15) is 58.8 Å². The summed E-state index contributed by atoms with van der Waals surface area (Å²) in [6.07, 6.45) is 9.70. The summed E-state index contributed by atoms with van der Waals surface area (Å²) in [5, 5.41) is 4.39. The lowest BCUT2D eigenvalue weighted by Gasteiger charge is -2.36. The number of esters is 1. The number of rotatable bonds is 12. The first kappa shape index (κ1) is 33.6. The predicted molar refractivity (Wildman–Crippen MR) is 177 cm³/mol. The average Bonchev–Trinajstić information content (AvgIpc) is 3.48. The number of hydrogen-bond donors (Lipinski definition) is 2. The van der Waals surface area contributed by atoms with Crippen LogP contribution in [0.4, 0.5) is 5.95 Å². The van der Waals surface area contributed by atoms with Gasteiger partial charge in [0.15, 0.2) is 0 Å². The molecule has 1 aliphatic heterocycles. The number of piperidine rings is 1. The van der Waals surface area contributed by atoms with Gasteiger partial charge in [-0.1, -0.05) is 19.9 Å². The minimum atomic E-state index is -3.02. The molecule has 2 fully saturated rings. The van der Waals surface area contributed by atoms with Gasteiger partial charge in [-0.3, -0.25) is 9.59 Å². The van der Waals surface area contributed by atoms with Crippen molar-refractivity contribution in [3.63, 3.8) is 0 Å². The molecule has 3 N–H and O–H groups in total. The number of anilines is 1. The zero-order chi connectivity index (χ0) is 32.8. The first-order valence-corrected chi connectivity index (χ1v) is 18.3. The monoisotopic (exact) mass is 654 g/mol. The topological polar surface area (TPSA) is 159 Å². The van der Waals surface area contributed by atoms with E-state index in [1.807, 2.05) is 59.8 Å². The number of hydrogen-bond acceptors (Lipinski definition) is 10. The first-order valence-electron chi connectivity index (χ1n) is 16.2. The third kappa shape index (κ3) is 8.55. The summed E-state index contributed by atoms with van der Waals surface area (Å²) in [5.41, 5.74) is 6.84. The van der Waals surface area contributed by atoms with E-state index in [1.54, 1.807) is 6.20 Å². The Kier molecular flexibility index (Phi) is 10.8. The third-order valence-electron chi connectivity index (χ3n) is 8.93. The minimum Gasteiger partial charge on any atom is -0.493 e. The number of benzene rings is 1. The highest BCUT2D eigenvalue weighted by Crippen LogP contribution is 2.31. The summed E-state index contributed by atoms with van der Waals surface area (Å²) < 4.78 is 36.3. The highest BCUT2D eigenvalue weighted by molar-refractivity contribution is 7.90. The van der Waals surface area contributed by atoms with Crippen LogP contribution >= 0.6 is 0 Å². The van der Waals surface area contributed by atoms with Crippen molar-refractivity contribution in [3.8, 4) is 11.6 Å². The maximum atomic E-state index is 13.3. The first-order chi connectivity index (χ1) is 22.0. The normalized spacial score (nSPS) is 20.1. The van der Waals surface area contributed by atoms with Crippen LogP contribution in [0.2, 0.25) is 0 Å². The van der Waals surface area contributed by atoms with E-state index in [0.717, 1.165) is 36.6 Å². The Morgan fingerprint density at radius 3 is 2.50 bits per heavy atom. The molecule has 0 unspecified atom stereocenters. The largest absolute Gasteiger partial charge is 0.493 e. The minimum absolute atomic E-state index is 0.00667. The van der Waals surface area contributed by atoms with E-state index in [0.29, 0.717) is 56.5 Å². The van der Waals surface area contributed by atoms with Crippen molar-refractivity contribution in [2.75, 3.05) is 37.0 Å². The van der Waals surface area contributed by atoms with E-state index in [2.05, 4.69) is 10.3 Å². The molecule has 0 spiro atoms. The van der Waals surface area contributed by atoms with Crippen LogP contribution in [0.15, 0.2) is 42.7 Å². The SMILES string of the molecule is CC(C)[C@H](N)C(=O)OC1CCN(C(=O)[C@H]2CC[C@H](Nc3nccc(-n4ccc5c(OCCCS(C)(=O)=O)cccc54)n3)CC2)CC1. The summed E-state index contributed by atoms with van der Waals surface area (Å²) in [4.78, 5) is 36.7. The number of nitrogens with one attached hydrogen (secondary N) is 1. The molecule has 1 aliphatic carbocycles. The Bertz CT molecular complexity index is 1610. The van der Waals surface area contributed by atoms with E-state index >= 15 is 0 Å². The molecule has 1 saturated carbocycles. The Hall–Kier alpha value is -3.71. The van der Waals surface area contributed by atoms with Gasteiger partial charge in [0.2, 0.25) is 11.9 Å². The Labute approximate surface area is 271 Å². The van der Waals surface area contributed by atoms with Crippen LogP contribution < -0.4 is 15.8 Å². The van der Waals surface area contributed by atoms with E-state index in [1.165, 1.54) is 6.26 Å². The second-order valence-corrected chi connectivity index (χ2v) is 15.1. The molecule has 250 valence electrons. The molecule has 1 saturated heterocycles. The lowest BCUT2D eigenvalue weighted by Crippen LogP contribution is -2.46. The summed E-state index contributed by atoms with van der Waals surface area (Å²) in [5.74, 6) is 1.89. The predicted octanol–water partition coefficient (Wildman–Crippen LogP) is 3.72. The number of nitrogens with two attached hydrogens (primary N) is 1. The highest BCUT2D eigenvalue weighted by atomic mass is 32.2. The second-order valence-electron chi connectivity index (χ2n) is 12.9. The summed E-state index contributed by atoms with van der Waals surface area (Å²) in [6.45, 7) is 5.30. The lowest BCUT2D eigenvalue weighted by molar-refractivity contribution is -0.155. The zero-order valence-corrected chi connectivity index (χ0v) is 27.7. The van der Waals surface area contributed by atoms with Gasteiger partial charge in [0.1, 0.15) is 33.6 Å². The molecule has 1 atom stereocenters. The molecule has 1 amide bonds. The molecule has 13 heteroatoms. The molecule has 2 aromatic heterocycles. The summed E-state index contributed by atoms with van der Waals surface area (Å²) >= 11 is 0. The molecule has 1 aromatic carbocycles. The quantitative estimate of drug-likeness (QED) is 0.218. The van der Waals surface area contributed by atoms with E-state index < -0.39 is 15.9 Å². The Morgan fingerprint density at radius 2 is 1.80 bits per heavy atom. The van der Waals surface area contributed by atoms with E-state index in [-0.39, 0.29) is 41.6 Å². The van der Waals surface area contributed by atoms with Crippen LogP contribution in [0.3, 0.4) is 0 Å². The number of aromatic nitrogens is 3. The maximum absolute atomic E-state index is 13.3. The summed E-state index contributed by atoms with van der Waals surface area (Å²) in [6, 6.07) is 9.14. The zero-order valence-electron chi connectivity index (χ0n) is 26.9. The van der Waals surface area contributed by atoms with Gasteiger partial charge in [0, 0.05) is 61.9 Å². The fourth-order valence-electron chi connectivity index (χ4n) is 6.16. The number of fused-ring (bicyclic) bond motifs is 1. The summed E-state index contributed by atoms with van der Waals surface area (Å²) in [7, 11) is -3.02. The molecule has 0 bridgehead atoms. The van der Waals surface area contributed by atoms with Crippen molar-refractivity contribution in [2.24, 2.45) is 17.6 Å². The van der Waals surface area contributed by atoms with E-state index in [9.17, 15) is 18.0 Å².